The predicted octanol–water partition coefficient (Wildman–Crippen LogP) is -0.171. The van der Waals surface area contributed by atoms with Crippen molar-refractivity contribution in [1.82, 2.24) is 19.7 Å². The first-order valence-electron chi connectivity index (χ1n) is 5.81. The molecule has 0 aromatic carbocycles. The molecule has 0 radical (unpaired) electrons. The van der Waals surface area contributed by atoms with E-state index in [2.05, 4.69) is 10.1 Å². The molecule has 0 aliphatic rings. The molecule has 10 heteroatoms. The molecule has 2 heterocycles. The van der Waals surface area contributed by atoms with E-state index in [1.165, 1.54) is 0 Å². The number of nitrogens with zero attached hydrogens (tertiary/aromatic N) is 4. The van der Waals surface area contributed by atoms with Gasteiger partial charge in [0.15, 0.2) is 5.82 Å². The Morgan fingerprint density at radius 1 is 1.50 bits per heavy atom. The molecule has 0 saturated carbocycles. The highest BCUT2D eigenvalue weighted by atomic mass is 16.6. The third-order valence-corrected chi connectivity index (χ3v) is 2.47. The molecule has 0 saturated heterocycles. The molecule has 2 aromatic rings. The second-order valence-corrected chi connectivity index (χ2v) is 4.01. The Hall–Kier alpha value is -2.78. The Morgan fingerprint density at radius 3 is 2.90 bits per heavy atom. The topological polar surface area (TPSA) is 137 Å². The molecule has 2 aromatic heterocycles. The molecule has 0 bridgehead atoms. The lowest BCUT2D eigenvalue weighted by molar-refractivity contribution is -0.386. The van der Waals surface area contributed by atoms with Gasteiger partial charge in [-0.25, -0.2) is 4.79 Å². The first-order valence-corrected chi connectivity index (χ1v) is 5.81. The van der Waals surface area contributed by atoms with E-state index in [9.17, 15) is 19.7 Å². The third-order valence-electron chi connectivity index (χ3n) is 2.47. The number of rotatable bonds is 5. The van der Waals surface area contributed by atoms with Gasteiger partial charge in [-0.05, 0) is 6.42 Å². The fourth-order valence-corrected chi connectivity index (χ4v) is 1.57. The van der Waals surface area contributed by atoms with Gasteiger partial charge in [-0.3, -0.25) is 24.5 Å². The average Bonchev–Trinajstić information content (AvgIpc) is 2.80. The van der Waals surface area contributed by atoms with Crippen molar-refractivity contribution in [2.45, 2.75) is 26.3 Å². The van der Waals surface area contributed by atoms with Crippen molar-refractivity contribution < 1.29 is 9.45 Å². The van der Waals surface area contributed by atoms with Crippen LogP contribution < -0.4 is 11.2 Å². The lowest BCUT2D eigenvalue weighted by Gasteiger charge is -2.00. The summed E-state index contributed by atoms with van der Waals surface area (Å²) in [5.41, 5.74) is -2.54. The van der Waals surface area contributed by atoms with Crippen LogP contribution in [0, 0.1) is 10.1 Å². The summed E-state index contributed by atoms with van der Waals surface area (Å²) in [5, 5.41) is 14.3. The minimum Gasteiger partial charge on any atom is -0.339 e. The SMILES string of the molecule is CCCc1nc(Cn2cc([N+](=O)[O-])c(=O)[nH]c2=O)no1. The highest BCUT2D eigenvalue weighted by Crippen LogP contribution is 2.03. The molecule has 0 unspecified atom stereocenters. The van der Waals surface area contributed by atoms with Crippen LogP contribution in [-0.4, -0.2) is 24.6 Å². The van der Waals surface area contributed by atoms with Gasteiger partial charge in [-0.2, -0.15) is 4.98 Å². The van der Waals surface area contributed by atoms with Gasteiger partial charge in [-0.15, -0.1) is 0 Å². The van der Waals surface area contributed by atoms with E-state index in [1.807, 2.05) is 11.9 Å². The first kappa shape index (κ1) is 13.6. The van der Waals surface area contributed by atoms with Gasteiger partial charge in [0.2, 0.25) is 5.89 Å². The van der Waals surface area contributed by atoms with Crippen molar-refractivity contribution in [2.24, 2.45) is 0 Å². The maximum absolute atomic E-state index is 11.6. The number of nitrogens with one attached hydrogen (secondary N) is 1. The standard InChI is InChI=1S/C10H11N5O5/c1-2-3-8-11-7(13-20-8)5-14-4-6(15(18)19)9(16)12-10(14)17/h4H,2-3,5H2,1H3,(H,12,16,17). The molecule has 2 rings (SSSR count). The quantitative estimate of drug-likeness (QED) is 0.593. The van der Waals surface area contributed by atoms with E-state index in [-0.39, 0.29) is 12.4 Å². The van der Waals surface area contributed by atoms with Crippen LogP contribution in [0.25, 0.3) is 0 Å². The Morgan fingerprint density at radius 2 is 2.25 bits per heavy atom. The number of aromatic amines is 1. The number of H-pyrrole nitrogens is 1. The maximum Gasteiger partial charge on any atom is 0.350 e. The first-order chi connectivity index (χ1) is 9.51. The average molecular weight is 281 g/mol. The van der Waals surface area contributed by atoms with Crippen LogP contribution in [0.3, 0.4) is 0 Å². The van der Waals surface area contributed by atoms with Crippen LogP contribution in [0.15, 0.2) is 20.3 Å². The molecule has 106 valence electrons. The Labute approximate surface area is 111 Å². The minimum absolute atomic E-state index is 0.121. The van der Waals surface area contributed by atoms with Gasteiger partial charge in [0.25, 0.3) is 0 Å². The van der Waals surface area contributed by atoms with Crippen molar-refractivity contribution in [3.8, 4) is 0 Å². The molecule has 20 heavy (non-hydrogen) atoms. The highest BCUT2D eigenvalue weighted by Gasteiger charge is 2.16. The van der Waals surface area contributed by atoms with E-state index < -0.39 is 21.9 Å². The summed E-state index contributed by atoms with van der Waals surface area (Å²) in [7, 11) is 0. The molecule has 0 spiro atoms. The van der Waals surface area contributed by atoms with Crippen LogP contribution in [-0.2, 0) is 13.0 Å². The molecule has 0 aliphatic heterocycles. The molecule has 0 aliphatic carbocycles. The van der Waals surface area contributed by atoms with Crippen molar-refractivity contribution >= 4 is 5.69 Å². The maximum atomic E-state index is 11.6. The summed E-state index contributed by atoms with van der Waals surface area (Å²) in [4.78, 5) is 38.4. The van der Waals surface area contributed by atoms with Crippen LogP contribution in [0.4, 0.5) is 5.69 Å². The largest absolute Gasteiger partial charge is 0.350 e. The van der Waals surface area contributed by atoms with Gasteiger partial charge in [0, 0.05) is 6.42 Å². The summed E-state index contributed by atoms with van der Waals surface area (Å²) >= 11 is 0. The molecule has 0 atom stereocenters. The normalized spacial score (nSPS) is 10.7. The third kappa shape index (κ3) is 2.79. The molecule has 0 fully saturated rings. The van der Waals surface area contributed by atoms with Gasteiger partial charge < -0.3 is 4.52 Å². The zero-order valence-corrected chi connectivity index (χ0v) is 10.5. The molecule has 1 N–H and O–H groups in total. The fraction of sp³-hybridized carbons (Fsp3) is 0.400. The lowest BCUT2D eigenvalue weighted by Crippen LogP contribution is -2.31. The van der Waals surface area contributed by atoms with Crippen molar-refractivity contribution in [3.63, 3.8) is 0 Å². The second-order valence-electron chi connectivity index (χ2n) is 4.01. The van der Waals surface area contributed by atoms with E-state index in [0.29, 0.717) is 12.3 Å². The highest BCUT2D eigenvalue weighted by molar-refractivity contribution is 5.21. The van der Waals surface area contributed by atoms with Crippen molar-refractivity contribution in [2.75, 3.05) is 0 Å². The number of nitro groups is 1. The van der Waals surface area contributed by atoms with E-state index in [0.717, 1.165) is 17.2 Å². The minimum atomic E-state index is -1.05. The lowest BCUT2D eigenvalue weighted by atomic mass is 10.3. The summed E-state index contributed by atoms with van der Waals surface area (Å²) < 4.78 is 5.88. The van der Waals surface area contributed by atoms with E-state index in [4.69, 9.17) is 4.52 Å². The Kier molecular flexibility index (Phi) is 3.73. The zero-order chi connectivity index (χ0) is 14.7. The summed E-state index contributed by atoms with van der Waals surface area (Å²) in [6, 6.07) is 0. The zero-order valence-electron chi connectivity index (χ0n) is 10.5. The second kappa shape index (κ2) is 5.47. The number of hydrogen-bond donors (Lipinski definition) is 1. The monoisotopic (exact) mass is 281 g/mol. The molecule has 0 amide bonds. The summed E-state index contributed by atoms with van der Waals surface area (Å²) in [6.07, 6.45) is 2.29. The fourth-order valence-electron chi connectivity index (χ4n) is 1.57. The number of aryl methyl sites for hydroxylation is 1. The number of hydrogen-bond acceptors (Lipinski definition) is 7. The van der Waals surface area contributed by atoms with E-state index in [1.54, 1.807) is 0 Å². The smallest absolute Gasteiger partial charge is 0.339 e. The van der Waals surface area contributed by atoms with E-state index >= 15 is 0 Å². The van der Waals surface area contributed by atoms with Crippen LogP contribution in [0.2, 0.25) is 0 Å². The predicted molar refractivity (Wildman–Crippen MR) is 65.4 cm³/mol. The molecule has 10 nitrogen and oxygen atoms in total. The van der Waals surface area contributed by atoms with Crippen LogP contribution in [0.1, 0.15) is 25.1 Å². The Bertz CT molecular complexity index is 743. The van der Waals surface area contributed by atoms with Gasteiger partial charge in [-0.1, -0.05) is 12.1 Å². The van der Waals surface area contributed by atoms with Crippen molar-refractivity contribution in [1.29, 1.82) is 0 Å². The summed E-state index contributed by atoms with van der Waals surface area (Å²) in [5.74, 6) is 0.631. The van der Waals surface area contributed by atoms with Crippen molar-refractivity contribution in [3.05, 3.63) is 48.9 Å². The van der Waals surface area contributed by atoms with Gasteiger partial charge >= 0.3 is 16.9 Å². The summed E-state index contributed by atoms with van der Waals surface area (Å²) in [6.45, 7) is 1.82. The van der Waals surface area contributed by atoms with Crippen LogP contribution >= 0.6 is 0 Å². The van der Waals surface area contributed by atoms with Gasteiger partial charge in [0.05, 0.1) is 17.7 Å². The Balaban J connectivity index is 2.33. The van der Waals surface area contributed by atoms with Gasteiger partial charge in [0.1, 0.15) is 0 Å². The van der Waals surface area contributed by atoms with Crippen LogP contribution in [0.5, 0.6) is 0 Å². The molecular weight excluding hydrogens is 270 g/mol. The molecular formula is C10H11N5O5. The number of aromatic nitrogens is 4.